The molecule has 122 valence electrons. The lowest BCUT2D eigenvalue weighted by atomic mass is 10.5. The monoisotopic (exact) mass is 305 g/mol. The lowest BCUT2D eigenvalue weighted by Gasteiger charge is -2.06. The van der Waals surface area contributed by atoms with Crippen LogP contribution in [0.15, 0.2) is 5.11 Å². The Balaban J connectivity index is 3.02. The van der Waals surface area contributed by atoms with Gasteiger partial charge in [-0.05, 0) is 5.53 Å². The summed E-state index contributed by atoms with van der Waals surface area (Å²) in [5.41, 5.74) is 8.03. The van der Waals surface area contributed by atoms with Crippen molar-refractivity contribution in [2.45, 2.75) is 6.42 Å². The molecular weight excluding hydrogens is 282 g/mol. The Morgan fingerprint density at radius 3 is 1.86 bits per heavy atom. The second-order valence-corrected chi connectivity index (χ2v) is 3.73. The van der Waals surface area contributed by atoms with Crippen LogP contribution in [0.2, 0.25) is 0 Å². The van der Waals surface area contributed by atoms with Gasteiger partial charge in [-0.2, -0.15) is 0 Å². The zero-order chi connectivity index (χ0) is 15.6. The van der Waals surface area contributed by atoms with Gasteiger partial charge in [0.2, 0.25) is 0 Å². The average Bonchev–Trinajstić information content (AvgIpc) is 2.50. The lowest BCUT2D eigenvalue weighted by molar-refractivity contribution is -0.141. The molecule has 0 aromatic rings. The molecule has 0 amide bonds. The third-order valence-electron chi connectivity index (χ3n) is 2.19. The van der Waals surface area contributed by atoms with Crippen LogP contribution in [0, 0.1) is 0 Å². The third-order valence-corrected chi connectivity index (χ3v) is 2.19. The van der Waals surface area contributed by atoms with E-state index in [0.717, 1.165) is 0 Å². The summed E-state index contributed by atoms with van der Waals surface area (Å²) in [6.07, 6.45) is 0.249. The summed E-state index contributed by atoms with van der Waals surface area (Å²) in [7, 11) is 1.34. The molecule has 9 heteroatoms. The van der Waals surface area contributed by atoms with Crippen LogP contribution in [-0.2, 0) is 28.5 Å². The fraction of sp³-hybridized carbons (Fsp3) is 0.917. The molecule has 21 heavy (non-hydrogen) atoms. The first-order valence-corrected chi connectivity index (χ1v) is 6.70. The topological polar surface area (TPSA) is 112 Å². The van der Waals surface area contributed by atoms with Crippen molar-refractivity contribution in [1.82, 2.24) is 0 Å². The van der Waals surface area contributed by atoms with E-state index < -0.39 is 0 Å². The SMILES string of the molecule is COC(=O)CCOCCOCCOCCOCCN=[N+]=[N-]. The van der Waals surface area contributed by atoms with Crippen LogP contribution in [0.25, 0.3) is 10.4 Å². The molecule has 0 heterocycles. The molecular formula is C12H23N3O6. The van der Waals surface area contributed by atoms with Crippen molar-refractivity contribution in [3.05, 3.63) is 10.4 Å². The third kappa shape index (κ3) is 16.6. The Morgan fingerprint density at radius 2 is 1.38 bits per heavy atom. The first kappa shape index (κ1) is 19.6. The Labute approximate surface area is 124 Å². The average molecular weight is 305 g/mol. The van der Waals surface area contributed by atoms with Gasteiger partial charge in [-0.3, -0.25) is 4.79 Å². The molecule has 0 spiro atoms. The second-order valence-electron chi connectivity index (χ2n) is 3.73. The number of carbonyl (C=O) groups excluding carboxylic acids is 1. The van der Waals surface area contributed by atoms with Gasteiger partial charge in [0.15, 0.2) is 0 Å². The smallest absolute Gasteiger partial charge is 0.307 e. The molecule has 0 bridgehead atoms. The van der Waals surface area contributed by atoms with Crippen molar-refractivity contribution in [3.8, 4) is 0 Å². The highest BCUT2D eigenvalue weighted by molar-refractivity contribution is 5.69. The molecule has 9 nitrogen and oxygen atoms in total. The summed E-state index contributed by atoms with van der Waals surface area (Å²) in [5, 5.41) is 3.33. The van der Waals surface area contributed by atoms with Crippen LogP contribution in [0.4, 0.5) is 0 Å². The van der Waals surface area contributed by atoms with E-state index in [-0.39, 0.29) is 12.4 Å². The van der Waals surface area contributed by atoms with Crippen LogP contribution >= 0.6 is 0 Å². The van der Waals surface area contributed by atoms with Gasteiger partial charge in [-0.15, -0.1) is 0 Å². The van der Waals surface area contributed by atoms with Gasteiger partial charge in [0, 0.05) is 11.5 Å². The maximum absolute atomic E-state index is 10.8. The first-order valence-electron chi connectivity index (χ1n) is 6.70. The van der Waals surface area contributed by atoms with E-state index in [1.54, 1.807) is 0 Å². The maximum Gasteiger partial charge on any atom is 0.307 e. The van der Waals surface area contributed by atoms with Gasteiger partial charge < -0.3 is 23.7 Å². The fourth-order valence-corrected chi connectivity index (χ4v) is 1.17. The summed E-state index contributed by atoms with van der Waals surface area (Å²) < 4.78 is 25.3. The molecule has 0 atom stereocenters. The number of methoxy groups -OCH3 is 1. The van der Waals surface area contributed by atoms with E-state index in [1.165, 1.54) is 7.11 Å². The zero-order valence-electron chi connectivity index (χ0n) is 12.4. The molecule has 0 radical (unpaired) electrons. The van der Waals surface area contributed by atoms with Crippen LogP contribution < -0.4 is 0 Å². The molecule has 0 saturated carbocycles. The molecule has 0 aliphatic carbocycles. The number of hydrogen-bond donors (Lipinski definition) is 0. The summed E-state index contributed by atoms with van der Waals surface area (Å²) in [5.74, 6) is -0.286. The summed E-state index contributed by atoms with van der Waals surface area (Å²) in [6, 6.07) is 0. The van der Waals surface area contributed by atoms with Crippen molar-refractivity contribution >= 4 is 5.97 Å². The first-order chi connectivity index (χ1) is 10.3. The van der Waals surface area contributed by atoms with Crippen molar-refractivity contribution in [2.75, 3.05) is 66.5 Å². The van der Waals surface area contributed by atoms with Crippen molar-refractivity contribution < 1.29 is 28.5 Å². The summed E-state index contributed by atoms with van der Waals surface area (Å²) in [4.78, 5) is 13.4. The van der Waals surface area contributed by atoms with Gasteiger partial charge >= 0.3 is 5.97 Å². The Hall–Kier alpha value is -1.38. The maximum atomic E-state index is 10.8. The zero-order valence-corrected chi connectivity index (χ0v) is 12.4. The van der Waals surface area contributed by atoms with Gasteiger partial charge in [0.05, 0.1) is 66.4 Å². The van der Waals surface area contributed by atoms with Crippen molar-refractivity contribution in [3.63, 3.8) is 0 Å². The number of azide groups is 1. The van der Waals surface area contributed by atoms with Crippen molar-refractivity contribution in [2.24, 2.45) is 5.11 Å². The number of rotatable bonds is 15. The fourth-order valence-electron chi connectivity index (χ4n) is 1.17. The minimum atomic E-state index is -0.286. The second kappa shape index (κ2) is 16.7. The van der Waals surface area contributed by atoms with E-state index in [1.807, 2.05) is 0 Å². The van der Waals surface area contributed by atoms with Crippen LogP contribution in [-0.4, -0.2) is 72.5 Å². The predicted octanol–water partition coefficient (Wildman–Crippen LogP) is 0.926. The molecule has 0 unspecified atom stereocenters. The van der Waals surface area contributed by atoms with Gasteiger partial charge in [0.1, 0.15) is 0 Å². The Morgan fingerprint density at radius 1 is 0.905 bits per heavy atom. The molecule has 0 aliphatic heterocycles. The highest BCUT2D eigenvalue weighted by atomic mass is 16.6. The summed E-state index contributed by atoms with van der Waals surface area (Å²) >= 11 is 0. The van der Waals surface area contributed by atoms with E-state index >= 15 is 0 Å². The molecule has 0 rings (SSSR count). The Kier molecular flexibility index (Phi) is 15.6. The number of ether oxygens (including phenoxy) is 5. The van der Waals surface area contributed by atoms with E-state index in [2.05, 4.69) is 14.8 Å². The number of esters is 1. The van der Waals surface area contributed by atoms with Crippen LogP contribution in [0.3, 0.4) is 0 Å². The predicted molar refractivity (Wildman–Crippen MR) is 73.9 cm³/mol. The highest BCUT2D eigenvalue weighted by Crippen LogP contribution is 1.87. The lowest BCUT2D eigenvalue weighted by Crippen LogP contribution is -2.13. The van der Waals surface area contributed by atoms with Crippen molar-refractivity contribution in [1.29, 1.82) is 0 Å². The molecule has 0 saturated heterocycles. The molecule has 0 aliphatic rings. The van der Waals surface area contributed by atoms with E-state index in [4.69, 9.17) is 24.5 Å². The van der Waals surface area contributed by atoms with Crippen LogP contribution in [0.1, 0.15) is 6.42 Å². The molecule has 0 N–H and O–H groups in total. The largest absolute Gasteiger partial charge is 0.469 e. The van der Waals surface area contributed by atoms with Gasteiger partial charge in [-0.25, -0.2) is 0 Å². The van der Waals surface area contributed by atoms with Crippen LogP contribution in [0.5, 0.6) is 0 Å². The highest BCUT2D eigenvalue weighted by Gasteiger charge is 1.98. The Bertz CT molecular complexity index is 297. The quantitative estimate of drug-likeness (QED) is 0.146. The summed E-state index contributed by atoms with van der Waals surface area (Å²) in [6.45, 7) is 3.81. The van der Waals surface area contributed by atoms with Gasteiger partial charge in [-0.1, -0.05) is 5.11 Å². The van der Waals surface area contributed by atoms with Gasteiger partial charge in [0.25, 0.3) is 0 Å². The number of carbonyl (C=O) groups is 1. The van der Waals surface area contributed by atoms with E-state index in [0.29, 0.717) is 59.4 Å². The molecule has 0 aromatic heterocycles. The van der Waals surface area contributed by atoms with E-state index in [9.17, 15) is 4.79 Å². The number of hydrogen-bond acceptors (Lipinski definition) is 7. The molecule has 0 fully saturated rings. The standard InChI is InChI=1S/C12H23N3O6/c1-17-12(16)2-4-18-6-8-20-10-11-21-9-7-19-5-3-14-15-13/h2-11H2,1H3. The number of nitrogens with zero attached hydrogens (tertiary/aromatic N) is 3. The minimum Gasteiger partial charge on any atom is -0.469 e. The normalized spacial score (nSPS) is 10.1. The molecule has 0 aromatic carbocycles. The minimum absolute atomic E-state index is 0.249.